The van der Waals surface area contributed by atoms with E-state index in [1.165, 1.54) is 57.8 Å². The molecule has 0 rings (SSSR count). The average Bonchev–Trinajstić information content (AvgIpc) is 3.31. The van der Waals surface area contributed by atoms with Crippen LogP contribution in [0.1, 0.15) is 181 Å². The molecule has 366 valence electrons. The molecular formula is C60H90O6. The molecule has 0 aromatic heterocycles. The fourth-order valence-electron chi connectivity index (χ4n) is 6.34. The van der Waals surface area contributed by atoms with Crippen LogP contribution in [0.2, 0.25) is 0 Å². The monoisotopic (exact) mass is 907 g/mol. The SMILES string of the molecule is CC\C=C/C=C\C=C/C=C\C=C\C=C/C=C\CCCCCC(=O)OCC(COC(=O)CCCCCCCCCCCCCC)OC(=O)CCCCC\C=C/C=C/C=C\C=C/C=C\C=C/CC. The number of carbonyl (C=O) groups excluding carboxylic acids is 3. The Hall–Kier alpha value is -4.97. The van der Waals surface area contributed by atoms with Gasteiger partial charge in [-0.25, -0.2) is 0 Å². The lowest BCUT2D eigenvalue weighted by atomic mass is 10.0. The molecule has 0 aliphatic carbocycles. The minimum Gasteiger partial charge on any atom is -0.462 e. The zero-order valence-corrected chi connectivity index (χ0v) is 41.6. The molecule has 0 radical (unpaired) electrons. The summed E-state index contributed by atoms with van der Waals surface area (Å²) in [6.45, 7) is 6.24. The number of allylic oxidation sites excluding steroid dienone is 26. The summed E-state index contributed by atoms with van der Waals surface area (Å²) in [4.78, 5) is 38.0. The van der Waals surface area contributed by atoms with Crippen LogP contribution in [0.4, 0.5) is 0 Å². The van der Waals surface area contributed by atoms with Crippen LogP contribution in [0.5, 0.6) is 0 Å². The summed E-state index contributed by atoms with van der Waals surface area (Å²) < 4.78 is 16.7. The van der Waals surface area contributed by atoms with E-state index in [-0.39, 0.29) is 44.0 Å². The van der Waals surface area contributed by atoms with E-state index in [2.05, 4.69) is 45.1 Å². The first-order chi connectivity index (χ1) is 32.5. The van der Waals surface area contributed by atoms with E-state index < -0.39 is 6.10 Å². The third kappa shape index (κ3) is 50.0. The number of rotatable bonds is 43. The second-order valence-electron chi connectivity index (χ2n) is 16.3. The van der Waals surface area contributed by atoms with Crippen molar-refractivity contribution in [2.24, 2.45) is 0 Å². The van der Waals surface area contributed by atoms with Crippen molar-refractivity contribution in [3.8, 4) is 0 Å². The van der Waals surface area contributed by atoms with Crippen LogP contribution in [0, 0.1) is 0 Å². The van der Waals surface area contributed by atoms with Gasteiger partial charge in [0.25, 0.3) is 0 Å². The van der Waals surface area contributed by atoms with Crippen molar-refractivity contribution in [1.29, 1.82) is 0 Å². The molecule has 6 nitrogen and oxygen atoms in total. The molecule has 1 atom stereocenters. The third-order valence-electron chi connectivity index (χ3n) is 10.1. The van der Waals surface area contributed by atoms with Gasteiger partial charge < -0.3 is 14.2 Å². The second kappa shape index (κ2) is 52.7. The van der Waals surface area contributed by atoms with Crippen molar-refractivity contribution in [2.75, 3.05) is 13.2 Å². The van der Waals surface area contributed by atoms with Crippen molar-refractivity contribution in [2.45, 2.75) is 187 Å². The first kappa shape index (κ1) is 61.0. The Balaban J connectivity index is 4.62. The Morgan fingerprint density at radius 3 is 0.924 bits per heavy atom. The first-order valence-electron chi connectivity index (χ1n) is 25.7. The van der Waals surface area contributed by atoms with E-state index in [0.29, 0.717) is 19.3 Å². The van der Waals surface area contributed by atoms with Gasteiger partial charge in [0, 0.05) is 19.3 Å². The maximum Gasteiger partial charge on any atom is 0.306 e. The molecule has 0 spiro atoms. The molecule has 0 saturated heterocycles. The van der Waals surface area contributed by atoms with Gasteiger partial charge in [-0.2, -0.15) is 0 Å². The zero-order valence-electron chi connectivity index (χ0n) is 41.6. The lowest BCUT2D eigenvalue weighted by Crippen LogP contribution is -2.30. The molecule has 0 aliphatic rings. The molecule has 1 unspecified atom stereocenters. The van der Waals surface area contributed by atoms with Crippen LogP contribution in [0.25, 0.3) is 0 Å². The summed E-state index contributed by atoms with van der Waals surface area (Å²) in [7, 11) is 0. The van der Waals surface area contributed by atoms with Gasteiger partial charge in [-0.15, -0.1) is 0 Å². The maximum atomic E-state index is 12.8. The normalized spacial score (nSPS) is 13.4. The van der Waals surface area contributed by atoms with Gasteiger partial charge >= 0.3 is 17.9 Å². The molecule has 66 heavy (non-hydrogen) atoms. The van der Waals surface area contributed by atoms with Crippen LogP contribution in [-0.4, -0.2) is 37.2 Å². The third-order valence-corrected chi connectivity index (χ3v) is 10.1. The van der Waals surface area contributed by atoms with Gasteiger partial charge in [-0.3, -0.25) is 14.4 Å². The van der Waals surface area contributed by atoms with Crippen LogP contribution in [0.3, 0.4) is 0 Å². The molecule has 0 aliphatic heterocycles. The van der Waals surface area contributed by atoms with E-state index in [1.54, 1.807) is 0 Å². The Kier molecular flexibility index (Phi) is 48.7. The highest BCUT2D eigenvalue weighted by molar-refractivity contribution is 5.71. The molecule has 0 fully saturated rings. The molecule has 0 aromatic carbocycles. The van der Waals surface area contributed by atoms with E-state index in [9.17, 15) is 14.4 Å². The van der Waals surface area contributed by atoms with Gasteiger partial charge in [-0.1, -0.05) is 262 Å². The summed E-state index contributed by atoms with van der Waals surface area (Å²) in [6.07, 6.45) is 76.4. The van der Waals surface area contributed by atoms with Crippen LogP contribution in [0.15, 0.2) is 158 Å². The highest BCUT2D eigenvalue weighted by Gasteiger charge is 2.19. The summed E-state index contributed by atoms with van der Waals surface area (Å²) in [5, 5.41) is 0. The lowest BCUT2D eigenvalue weighted by molar-refractivity contribution is -0.167. The average molecular weight is 907 g/mol. The summed E-state index contributed by atoms with van der Waals surface area (Å²) in [6, 6.07) is 0. The van der Waals surface area contributed by atoms with Crippen molar-refractivity contribution >= 4 is 17.9 Å². The Morgan fingerprint density at radius 1 is 0.318 bits per heavy atom. The second-order valence-corrected chi connectivity index (χ2v) is 16.3. The number of hydrogen-bond acceptors (Lipinski definition) is 6. The standard InChI is InChI=1S/C60H90O6/c1-4-7-10-13-16-19-22-25-27-29-30-32-33-35-38-41-44-47-50-53-59(62)65-56-57(55-64-58(61)52-49-46-43-40-37-24-21-18-15-12-9-6-3)66-60(63)54-51-48-45-42-39-36-34-31-28-26-23-20-17-14-11-8-5-2/h7-8,10-11,13-14,16-17,19-20,22-23,25-36,38-39,57H,4-6,9,12,15,18,21,24,37,40-56H2,1-3H3/b10-7-,11-8-,16-13-,17-14-,22-19-,23-20-,27-25-,28-26-,30-29+,33-32-,34-31+,38-35-,39-36-. The lowest BCUT2D eigenvalue weighted by Gasteiger charge is -2.18. The minimum absolute atomic E-state index is 0.118. The summed E-state index contributed by atoms with van der Waals surface area (Å²) in [5.74, 6) is -1.02. The minimum atomic E-state index is -0.827. The van der Waals surface area contributed by atoms with Crippen LogP contribution < -0.4 is 0 Å². The van der Waals surface area contributed by atoms with E-state index >= 15 is 0 Å². The Bertz CT molecular complexity index is 1560. The topological polar surface area (TPSA) is 78.9 Å². The molecule has 0 heterocycles. The van der Waals surface area contributed by atoms with Crippen molar-refractivity contribution in [3.05, 3.63) is 158 Å². The first-order valence-corrected chi connectivity index (χ1v) is 25.7. The van der Waals surface area contributed by atoms with Crippen molar-refractivity contribution in [3.63, 3.8) is 0 Å². The highest BCUT2D eigenvalue weighted by atomic mass is 16.6. The number of hydrogen-bond donors (Lipinski definition) is 0. The molecule has 0 bridgehead atoms. The van der Waals surface area contributed by atoms with Crippen molar-refractivity contribution < 1.29 is 28.6 Å². The quantitative estimate of drug-likeness (QED) is 0.0262. The van der Waals surface area contributed by atoms with E-state index in [4.69, 9.17) is 14.2 Å². The predicted molar refractivity (Wildman–Crippen MR) is 283 cm³/mol. The number of carbonyl (C=O) groups is 3. The number of unbranched alkanes of at least 4 members (excludes halogenated alkanes) is 17. The van der Waals surface area contributed by atoms with Crippen LogP contribution in [-0.2, 0) is 28.6 Å². The zero-order chi connectivity index (χ0) is 47.9. The molecule has 0 aromatic rings. The molecular weight excluding hydrogens is 817 g/mol. The summed E-state index contributed by atoms with van der Waals surface area (Å²) in [5.41, 5.74) is 0. The Labute approximate surface area is 403 Å². The van der Waals surface area contributed by atoms with Gasteiger partial charge in [-0.05, 0) is 57.8 Å². The van der Waals surface area contributed by atoms with Gasteiger partial charge in [0.05, 0.1) is 0 Å². The number of ether oxygens (including phenoxy) is 3. The smallest absolute Gasteiger partial charge is 0.306 e. The fraction of sp³-hybridized carbons (Fsp3) is 0.517. The Morgan fingerprint density at radius 2 is 0.591 bits per heavy atom. The maximum absolute atomic E-state index is 12.8. The predicted octanol–water partition coefficient (Wildman–Crippen LogP) is 17.0. The van der Waals surface area contributed by atoms with E-state index in [0.717, 1.165) is 70.6 Å². The van der Waals surface area contributed by atoms with Gasteiger partial charge in [0.15, 0.2) is 6.10 Å². The molecule has 0 N–H and O–H groups in total. The van der Waals surface area contributed by atoms with E-state index in [1.807, 2.05) is 134 Å². The summed E-state index contributed by atoms with van der Waals surface area (Å²) >= 11 is 0. The molecule has 0 amide bonds. The highest BCUT2D eigenvalue weighted by Crippen LogP contribution is 2.14. The van der Waals surface area contributed by atoms with Crippen molar-refractivity contribution in [1.82, 2.24) is 0 Å². The number of esters is 3. The molecule has 6 heteroatoms. The molecule has 0 saturated carbocycles. The fourth-order valence-corrected chi connectivity index (χ4v) is 6.34. The van der Waals surface area contributed by atoms with Crippen LogP contribution >= 0.6 is 0 Å². The largest absolute Gasteiger partial charge is 0.462 e. The van der Waals surface area contributed by atoms with Gasteiger partial charge in [0.2, 0.25) is 0 Å². The van der Waals surface area contributed by atoms with Gasteiger partial charge in [0.1, 0.15) is 13.2 Å².